The lowest BCUT2D eigenvalue weighted by Gasteiger charge is -2.30. The van der Waals surface area contributed by atoms with Gasteiger partial charge in [-0.1, -0.05) is 13.0 Å². The second-order valence-electron chi connectivity index (χ2n) is 4.94. The minimum Gasteiger partial charge on any atom is -0.493 e. The number of nitrogens with zero attached hydrogens (tertiary/aromatic N) is 2. The van der Waals surface area contributed by atoms with Gasteiger partial charge in [0.2, 0.25) is 0 Å². The van der Waals surface area contributed by atoms with Crippen LogP contribution in [0.5, 0.6) is 11.5 Å². The van der Waals surface area contributed by atoms with E-state index in [0.29, 0.717) is 25.6 Å². The summed E-state index contributed by atoms with van der Waals surface area (Å²) in [5.74, 6) is 1.40. The zero-order valence-corrected chi connectivity index (χ0v) is 12.7. The summed E-state index contributed by atoms with van der Waals surface area (Å²) in [7, 11) is 1.62. The third kappa shape index (κ3) is 3.87. The molecule has 0 saturated carbocycles. The summed E-state index contributed by atoms with van der Waals surface area (Å²) < 4.78 is 16.4. The van der Waals surface area contributed by atoms with Gasteiger partial charge in [-0.3, -0.25) is 4.90 Å². The molecule has 0 aromatic heterocycles. The number of morpholine rings is 1. The lowest BCUT2D eigenvalue weighted by molar-refractivity contribution is 0.0266. The molecule has 0 N–H and O–H groups in total. The van der Waals surface area contributed by atoms with Crippen molar-refractivity contribution in [1.82, 2.24) is 4.90 Å². The van der Waals surface area contributed by atoms with E-state index in [1.54, 1.807) is 7.11 Å². The fraction of sp³-hybridized carbons (Fsp3) is 0.562. The first kappa shape index (κ1) is 15.6. The van der Waals surface area contributed by atoms with Gasteiger partial charge in [0.05, 0.1) is 33.0 Å². The molecule has 1 aromatic rings. The Balaban J connectivity index is 2.19. The van der Waals surface area contributed by atoms with Crippen LogP contribution in [0.15, 0.2) is 18.2 Å². The number of ether oxygens (including phenoxy) is 3. The predicted octanol–water partition coefficient (Wildman–Crippen LogP) is 2.38. The summed E-state index contributed by atoms with van der Waals surface area (Å²) in [4.78, 5) is 2.13. The van der Waals surface area contributed by atoms with Crippen LogP contribution >= 0.6 is 0 Å². The number of methoxy groups -OCH3 is 1. The van der Waals surface area contributed by atoms with E-state index in [1.807, 2.05) is 18.2 Å². The molecule has 1 atom stereocenters. The summed E-state index contributed by atoms with van der Waals surface area (Å²) in [6.07, 6.45) is 0.944. The van der Waals surface area contributed by atoms with Gasteiger partial charge in [0.1, 0.15) is 6.04 Å². The molecular weight excluding hydrogens is 268 g/mol. The molecule has 1 unspecified atom stereocenters. The highest BCUT2D eigenvalue weighted by Gasteiger charge is 2.23. The van der Waals surface area contributed by atoms with Crippen LogP contribution in [0.3, 0.4) is 0 Å². The molecule has 114 valence electrons. The fourth-order valence-corrected chi connectivity index (χ4v) is 2.39. The minimum absolute atomic E-state index is 0.275. The van der Waals surface area contributed by atoms with E-state index < -0.39 is 0 Å². The van der Waals surface area contributed by atoms with Crippen molar-refractivity contribution in [3.05, 3.63) is 23.8 Å². The Morgan fingerprint density at radius 1 is 1.33 bits per heavy atom. The van der Waals surface area contributed by atoms with Crippen LogP contribution in [0, 0.1) is 11.3 Å². The molecule has 1 aliphatic heterocycles. The van der Waals surface area contributed by atoms with Crippen LogP contribution in [0.4, 0.5) is 0 Å². The van der Waals surface area contributed by atoms with E-state index in [4.69, 9.17) is 14.2 Å². The number of hydrogen-bond acceptors (Lipinski definition) is 5. The van der Waals surface area contributed by atoms with Crippen molar-refractivity contribution in [3.63, 3.8) is 0 Å². The Morgan fingerprint density at radius 3 is 2.71 bits per heavy atom. The number of hydrogen-bond donors (Lipinski definition) is 0. The minimum atomic E-state index is -0.275. The van der Waals surface area contributed by atoms with E-state index in [-0.39, 0.29) is 6.04 Å². The van der Waals surface area contributed by atoms with Crippen LogP contribution in [0.2, 0.25) is 0 Å². The van der Waals surface area contributed by atoms with E-state index in [0.717, 1.165) is 30.8 Å². The summed E-state index contributed by atoms with van der Waals surface area (Å²) in [5, 5.41) is 9.50. The van der Waals surface area contributed by atoms with Crippen molar-refractivity contribution in [2.24, 2.45) is 0 Å². The first-order chi connectivity index (χ1) is 10.3. The first-order valence-corrected chi connectivity index (χ1v) is 7.32. The Bertz CT molecular complexity index is 493. The fourth-order valence-electron chi connectivity index (χ4n) is 2.39. The predicted molar refractivity (Wildman–Crippen MR) is 79.5 cm³/mol. The van der Waals surface area contributed by atoms with Crippen molar-refractivity contribution in [3.8, 4) is 17.6 Å². The van der Waals surface area contributed by atoms with Crippen molar-refractivity contribution in [2.75, 3.05) is 40.0 Å². The second-order valence-corrected chi connectivity index (χ2v) is 4.94. The highest BCUT2D eigenvalue weighted by atomic mass is 16.5. The van der Waals surface area contributed by atoms with Crippen LogP contribution < -0.4 is 9.47 Å². The smallest absolute Gasteiger partial charge is 0.161 e. The van der Waals surface area contributed by atoms with Crippen molar-refractivity contribution < 1.29 is 14.2 Å². The molecule has 5 nitrogen and oxygen atoms in total. The maximum Gasteiger partial charge on any atom is 0.161 e. The van der Waals surface area contributed by atoms with Crippen LogP contribution in [-0.2, 0) is 4.74 Å². The summed E-state index contributed by atoms with van der Waals surface area (Å²) >= 11 is 0. The van der Waals surface area contributed by atoms with Gasteiger partial charge in [-0.05, 0) is 24.1 Å². The third-order valence-corrected chi connectivity index (χ3v) is 3.50. The topological polar surface area (TPSA) is 54.7 Å². The SMILES string of the molecule is CCCOc1ccc(C(C#N)N2CCOCC2)cc1OC. The molecule has 0 bridgehead atoms. The van der Waals surface area contributed by atoms with Gasteiger partial charge in [0.15, 0.2) is 11.5 Å². The Morgan fingerprint density at radius 2 is 2.10 bits per heavy atom. The number of rotatable bonds is 6. The van der Waals surface area contributed by atoms with E-state index in [9.17, 15) is 5.26 Å². The summed E-state index contributed by atoms with van der Waals surface area (Å²) in [6, 6.07) is 7.82. The lowest BCUT2D eigenvalue weighted by Crippen LogP contribution is -2.38. The molecule has 1 saturated heterocycles. The second kappa shape index (κ2) is 7.87. The summed E-state index contributed by atoms with van der Waals surface area (Å²) in [5.41, 5.74) is 0.931. The van der Waals surface area contributed by atoms with Crippen LogP contribution in [0.25, 0.3) is 0 Å². The van der Waals surface area contributed by atoms with Gasteiger partial charge in [-0.25, -0.2) is 0 Å². The average Bonchev–Trinajstić information content (AvgIpc) is 2.55. The highest BCUT2D eigenvalue weighted by Crippen LogP contribution is 2.32. The molecule has 0 aliphatic carbocycles. The molecule has 0 spiro atoms. The first-order valence-electron chi connectivity index (χ1n) is 7.32. The molecule has 5 heteroatoms. The summed E-state index contributed by atoms with van der Waals surface area (Å²) in [6.45, 7) is 5.61. The van der Waals surface area contributed by atoms with E-state index in [1.165, 1.54) is 0 Å². The zero-order chi connectivity index (χ0) is 15.1. The van der Waals surface area contributed by atoms with E-state index >= 15 is 0 Å². The molecule has 1 fully saturated rings. The van der Waals surface area contributed by atoms with Crippen molar-refractivity contribution in [2.45, 2.75) is 19.4 Å². The molecule has 1 aromatic carbocycles. The molecule has 21 heavy (non-hydrogen) atoms. The molecule has 2 rings (SSSR count). The third-order valence-electron chi connectivity index (χ3n) is 3.50. The van der Waals surface area contributed by atoms with Gasteiger partial charge in [0, 0.05) is 13.1 Å². The molecule has 0 amide bonds. The normalized spacial score (nSPS) is 17.0. The average molecular weight is 290 g/mol. The maximum absolute atomic E-state index is 9.50. The molecule has 1 aliphatic rings. The van der Waals surface area contributed by atoms with Gasteiger partial charge in [-0.2, -0.15) is 5.26 Å². The Labute approximate surface area is 126 Å². The number of nitriles is 1. The lowest BCUT2D eigenvalue weighted by atomic mass is 10.1. The quantitative estimate of drug-likeness (QED) is 0.805. The Hall–Kier alpha value is -1.77. The van der Waals surface area contributed by atoms with Crippen LogP contribution in [-0.4, -0.2) is 44.9 Å². The van der Waals surface area contributed by atoms with Gasteiger partial charge >= 0.3 is 0 Å². The number of benzene rings is 1. The molecule has 0 radical (unpaired) electrons. The van der Waals surface area contributed by atoms with E-state index in [2.05, 4.69) is 17.9 Å². The van der Waals surface area contributed by atoms with Crippen LogP contribution in [0.1, 0.15) is 24.9 Å². The Kier molecular flexibility index (Phi) is 5.85. The maximum atomic E-state index is 9.50. The molecule has 1 heterocycles. The van der Waals surface area contributed by atoms with Gasteiger partial charge < -0.3 is 14.2 Å². The van der Waals surface area contributed by atoms with Crippen molar-refractivity contribution in [1.29, 1.82) is 5.26 Å². The monoisotopic (exact) mass is 290 g/mol. The van der Waals surface area contributed by atoms with Crippen molar-refractivity contribution >= 4 is 0 Å². The largest absolute Gasteiger partial charge is 0.493 e. The van der Waals surface area contributed by atoms with Gasteiger partial charge in [-0.15, -0.1) is 0 Å². The highest BCUT2D eigenvalue weighted by molar-refractivity contribution is 5.45. The van der Waals surface area contributed by atoms with Gasteiger partial charge in [0.25, 0.3) is 0 Å². The molecular formula is C16H22N2O3. The standard InChI is InChI=1S/C16H22N2O3/c1-3-8-21-15-5-4-13(11-16(15)19-2)14(12-17)18-6-9-20-10-7-18/h4-5,11,14H,3,6-10H2,1-2H3. The zero-order valence-electron chi connectivity index (χ0n) is 12.7.